The summed E-state index contributed by atoms with van der Waals surface area (Å²) in [4.78, 5) is 26.2. The fourth-order valence-corrected chi connectivity index (χ4v) is 5.03. The highest BCUT2D eigenvalue weighted by atomic mass is 35.5. The van der Waals surface area contributed by atoms with Crippen molar-refractivity contribution in [1.82, 2.24) is 15.0 Å². The minimum Gasteiger partial charge on any atom is -0.495 e. The normalized spacial score (nSPS) is 12.9. The molecule has 41 heavy (non-hydrogen) atoms. The molecule has 0 unspecified atom stereocenters. The van der Waals surface area contributed by atoms with E-state index in [4.69, 9.17) is 47.4 Å². The number of nitrogens with one attached hydrogen (secondary N) is 3. The van der Waals surface area contributed by atoms with Crippen molar-refractivity contribution >= 4 is 63.2 Å². The van der Waals surface area contributed by atoms with Gasteiger partial charge < -0.3 is 30.2 Å². The summed E-state index contributed by atoms with van der Waals surface area (Å²) in [7, 11) is 3.04. The Morgan fingerprint density at radius 2 is 1.88 bits per heavy atom. The monoisotopic (exact) mass is 594 g/mol. The molecule has 0 radical (unpaired) electrons. The van der Waals surface area contributed by atoms with Crippen molar-refractivity contribution in [3.05, 3.63) is 64.8 Å². The third-order valence-electron chi connectivity index (χ3n) is 6.61. The largest absolute Gasteiger partial charge is 0.495 e. The SMILES string of the molecule is C=CC(=O)Nc1cccc(C)c1Nc1ncc2cc(-c3c(Cl)c(OC)cc(OC)c3Cl)nc(NCC3COC3)c2n1. The number of para-hydroxylation sites is 1. The summed E-state index contributed by atoms with van der Waals surface area (Å²) in [6.07, 6.45) is 2.90. The van der Waals surface area contributed by atoms with Crippen LogP contribution in [0.3, 0.4) is 0 Å². The van der Waals surface area contributed by atoms with Crippen molar-refractivity contribution in [2.45, 2.75) is 6.92 Å². The number of hydrogen-bond acceptors (Lipinski definition) is 9. The van der Waals surface area contributed by atoms with Gasteiger partial charge in [-0.3, -0.25) is 4.79 Å². The lowest BCUT2D eigenvalue weighted by Gasteiger charge is -2.26. The lowest BCUT2D eigenvalue weighted by molar-refractivity contribution is -0.111. The zero-order valence-electron chi connectivity index (χ0n) is 22.7. The summed E-state index contributed by atoms with van der Waals surface area (Å²) in [6.45, 7) is 7.42. The number of ether oxygens (including phenoxy) is 3. The van der Waals surface area contributed by atoms with Crippen LogP contribution in [-0.2, 0) is 9.53 Å². The number of hydrogen-bond donors (Lipinski definition) is 3. The van der Waals surface area contributed by atoms with E-state index in [9.17, 15) is 4.79 Å². The van der Waals surface area contributed by atoms with Gasteiger partial charge in [0.15, 0.2) is 5.82 Å². The van der Waals surface area contributed by atoms with Gasteiger partial charge in [-0.25, -0.2) is 15.0 Å². The van der Waals surface area contributed by atoms with E-state index in [1.54, 1.807) is 18.3 Å². The number of nitrogens with zero attached hydrogens (tertiary/aromatic N) is 3. The first-order valence-corrected chi connectivity index (χ1v) is 13.5. The van der Waals surface area contributed by atoms with Crippen LogP contribution in [0.4, 0.5) is 23.1 Å². The maximum atomic E-state index is 12.0. The van der Waals surface area contributed by atoms with Gasteiger partial charge in [-0.1, -0.05) is 41.9 Å². The topological polar surface area (TPSA) is 120 Å². The molecule has 0 atom stereocenters. The average Bonchev–Trinajstić information content (AvgIpc) is 2.94. The van der Waals surface area contributed by atoms with Crippen LogP contribution in [0, 0.1) is 12.8 Å². The van der Waals surface area contributed by atoms with Crippen LogP contribution >= 0.6 is 23.2 Å². The van der Waals surface area contributed by atoms with Gasteiger partial charge in [0, 0.05) is 35.7 Å². The fraction of sp³-hybridized carbons (Fsp3) is 0.241. The zero-order valence-corrected chi connectivity index (χ0v) is 24.2. The van der Waals surface area contributed by atoms with Crippen LogP contribution in [0.1, 0.15) is 5.56 Å². The van der Waals surface area contributed by atoms with E-state index < -0.39 is 0 Å². The highest BCUT2D eigenvalue weighted by Gasteiger charge is 2.23. The number of pyridine rings is 1. The second-order valence-electron chi connectivity index (χ2n) is 9.37. The molecule has 0 aliphatic carbocycles. The number of aryl methyl sites for hydroxylation is 1. The van der Waals surface area contributed by atoms with E-state index in [1.165, 1.54) is 20.3 Å². The van der Waals surface area contributed by atoms with Gasteiger partial charge in [0.25, 0.3) is 0 Å². The van der Waals surface area contributed by atoms with Gasteiger partial charge in [-0.2, -0.15) is 0 Å². The van der Waals surface area contributed by atoms with Crippen molar-refractivity contribution in [3.63, 3.8) is 0 Å². The quantitative estimate of drug-likeness (QED) is 0.183. The number of benzene rings is 2. The predicted octanol–water partition coefficient (Wildman–Crippen LogP) is 6.25. The highest BCUT2D eigenvalue weighted by Crippen LogP contribution is 2.46. The molecule has 3 N–H and O–H groups in total. The molecule has 212 valence electrons. The van der Waals surface area contributed by atoms with Gasteiger partial charge in [-0.15, -0.1) is 0 Å². The van der Waals surface area contributed by atoms with Crippen LogP contribution in [0.2, 0.25) is 10.0 Å². The summed E-state index contributed by atoms with van der Waals surface area (Å²) in [6, 6.07) is 9.00. The van der Waals surface area contributed by atoms with Gasteiger partial charge in [0.05, 0.1) is 54.5 Å². The van der Waals surface area contributed by atoms with E-state index in [0.29, 0.717) is 92.5 Å². The second kappa shape index (κ2) is 12.2. The van der Waals surface area contributed by atoms with Crippen molar-refractivity contribution in [3.8, 4) is 22.8 Å². The minimum atomic E-state index is -0.326. The lowest BCUT2D eigenvalue weighted by Crippen LogP contribution is -2.33. The molecule has 0 bridgehead atoms. The number of carbonyl (C=O) groups excluding carboxylic acids is 1. The molecule has 5 rings (SSSR count). The molecule has 2 aromatic carbocycles. The summed E-state index contributed by atoms with van der Waals surface area (Å²) in [5.74, 6) is 1.67. The number of methoxy groups -OCH3 is 2. The van der Waals surface area contributed by atoms with Gasteiger partial charge in [-0.05, 0) is 30.7 Å². The smallest absolute Gasteiger partial charge is 0.247 e. The van der Waals surface area contributed by atoms with Gasteiger partial charge in [0.1, 0.15) is 17.0 Å². The Morgan fingerprint density at radius 3 is 2.51 bits per heavy atom. The Morgan fingerprint density at radius 1 is 1.15 bits per heavy atom. The van der Waals surface area contributed by atoms with E-state index >= 15 is 0 Å². The predicted molar refractivity (Wildman–Crippen MR) is 162 cm³/mol. The number of aromatic nitrogens is 3. The summed E-state index contributed by atoms with van der Waals surface area (Å²) < 4.78 is 16.2. The Hall–Kier alpha value is -4.12. The third kappa shape index (κ3) is 5.85. The maximum absolute atomic E-state index is 12.0. The number of anilines is 4. The van der Waals surface area contributed by atoms with Crippen LogP contribution < -0.4 is 25.4 Å². The van der Waals surface area contributed by atoms with Crippen molar-refractivity contribution in [2.75, 3.05) is 49.9 Å². The molecule has 12 heteroatoms. The first-order chi connectivity index (χ1) is 19.8. The van der Waals surface area contributed by atoms with E-state index in [0.717, 1.165) is 5.56 Å². The molecule has 2 aromatic heterocycles. The Bertz CT molecular complexity index is 1620. The van der Waals surface area contributed by atoms with Crippen LogP contribution in [0.15, 0.2) is 49.2 Å². The van der Waals surface area contributed by atoms with Gasteiger partial charge >= 0.3 is 0 Å². The third-order valence-corrected chi connectivity index (χ3v) is 7.36. The fourth-order valence-electron chi connectivity index (χ4n) is 4.34. The summed E-state index contributed by atoms with van der Waals surface area (Å²) in [5, 5.41) is 10.8. The zero-order chi connectivity index (χ0) is 29.1. The Kier molecular flexibility index (Phi) is 8.44. The van der Waals surface area contributed by atoms with Crippen LogP contribution in [0.25, 0.3) is 22.2 Å². The van der Waals surface area contributed by atoms with Crippen LogP contribution in [0.5, 0.6) is 11.5 Å². The average molecular weight is 595 g/mol. The number of fused-ring (bicyclic) bond motifs is 1. The van der Waals surface area contributed by atoms with E-state index in [1.807, 2.05) is 25.1 Å². The number of halogens is 2. The minimum absolute atomic E-state index is 0.302. The second-order valence-corrected chi connectivity index (χ2v) is 10.1. The number of rotatable bonds is 10. The molecule has 0 spiro atoms. The highest BCUT2D eigenvalue weighted by molar-refractivity contribution is 6.41. The number of carbonyl (C=O) groups is 1. The molecule has 0 saturated carbocycles. The van der Waals surface area contributed by atoms with E-state index in [-0.39, 0.29) is 5.91 Å². The standard InChI is InChI=1S/C29H28Cl2N6O4/c1-5-22(38)34-18-8-6-7-15(2)26(18)36-29-33-12-17-9-19(23-24(30)20(39-3)10-21(40-4)25(23)31)35-28(27(17)37-29)32-11-16-13-41-14-16/h5-10,12,16H,1,11,13-14H2,2-4H3,(H,32,35)(H,34,38)(H,33,36,37). The molecular formula is C29H28Cl2N6O4. The first kappa shape index (κ1) is 28.4. The van der Waals surface area contributed by atoms with Gasteiger partial charge in [0.2, 0.25) is 11.9 Å². The molecule has 10 nitrogen and oxygen atoms in total. The van der Waals surface area contributed by atoms with Crippen molar-refractivity contribution in [2.24, 2.45) is 5.92 Å². The van der Waals surface area contributed by atoms with Crippen molar-refractivity contribution in [1.29, 1.82) is 0 Å². The lowest BCUT2D eigenvalue weighted by atomic mass is 10.1. The van der Waals surface area contributed by atoms with Crippen LogP contribution in [-0.4, -0.2) is 54.8 Å². The molecule has 1 amide bonds. The van der Waals surface area contributed by atoms with Crippen molar-refractivity contribution < 1.29 is 19.0 Å². The molecule has 1 aliphatic rings. The van der Waals surface area contributed by atoms with E-state index in [2.05, 4.69) is 27.5 Å². The Balaban J connectivity index is 1.61. The Labute approximate surface area is 247 Å². The summed E-state index contributed by atoms with van der Waals surface area (Å²) >= 11 is 13.4. The molecule has 1 fully saturated rings. The molecule has 1 saturated heterocycles. The number of amides is 1. The molecular weight excluding hydrogens is 567 g/mol. The maximum Gasteiger partial charge on any atom is 0.247 e. The summed E-state index contributed by atoms with van der Waals surface area (Å²) in [5.41, 5.74) is 3.67. The molecule has 3 heterocycles. The first-order valence-electron chi connectivity index (χ1n) is 12.7. The molecule has 1 aliphatic heterocycles. The molecule has 4 aromatic rings.